The van der Waals surface area contributed by atoms with Crippen molar-refractivity contribution in [2.75, 3.05) is 11.6 Å². The predicted octanol–water partition coefficient (Wildman–Crippen LogP) is 0.519. The van der Waals surface area contributed by atoms with E-state index in [2.05, 4.69) is 5.32 Å². The van der Waals surface area contributed by atoms with Crippen LogP contribution in [0.2, 0.25) is 0 Å². The van der Waals surface area contributed by atoms with Gasteiger partial charge in [-0.3, -0.25) is 10.1 Å². The standard InChI is InChI=1S/C7H6O2.C4H8N2OS/c8-7(9)6-4-2-1-3-5-6;5-4(7)3-1-8-2-6-3/h1-5H,(H,8,9);3,6H,1-2H2,(H2,5,7). The number of thioether (sulfide) groups is 1. The average Bonchev–Trinajstić information content (AvgIpc) is 2.84. The lowest BCUT2D eigenvalue weighted by Gasteiger charge is -1.99. The van der Waals surface area contributed by atoms with Gasteiger partial charge in [0.1, 0.15) is 0 Å². The summed E-state index contributed by atoms with van der Waals surface area (Å²) in [5.74, 6) is 0.564. The first kappa shape index (κ1) is 13.5. The largest absolute Gasteiger partial charge is 0.478 e. The number of nitrogens with one attached hydrogen (secondary N) is 1. The molecular weight excluding hydrogens is 240 g/mol. The van der Waals surface area contributed by atoms with Crippen molar-refractivity contribution < 1.29 is 14.7 Å². The number of carbonyl (C=O) groups is 2. The van der Waals surface area contributed by atoms with E-state index in [1.807, 2.05) is 0 Å². The van der Waals surface area contributed by atoms with Crippen molar-refractivity contribution in [3.63, 3.8) is 0 Å². The fourth-order valence-electron chi connectivity index (χ4n) is 1.16. The van der Waals surface area contributed by atoms with Crippen LogP contribution in [0, 0.1) is 0 Å². The van der Waals surface area contributed by atoms with E-state index in [4.69, 9.17) is 10.8 Å². The van der Waals surface area contributed by atoms with Gasteiger partial charge < -0.3 is 10.8 Å². The predicted molar refractivity (Wildman–Crippen MR) is 66.8 cm³/mol. The summed E-state index contributed by atoms with van der Waals surface area (Å²) in [5, 5.41) is 11.3. The number of hydrogen-bond acceptors (Lipinski definition) is 4. The molecule has 1 amide bonds. The lowest BCUT2D eigenvalue weighted by molar-refractivity contribution is -0.119. The van der Waals surface area contributed by atoms with Crippen LogP contribution in [-0.2, 0) is 4.79 Å². The Morgan fingerprint density at radius 1 is 1.35 bits per heavy atom. The fraction of sp³-hybridized carbons (Fsp3) is 0.273. The minimum atomic E-state index is -0.879. The van der Waals surface area contributed by atoms with Gasteiger partial charge in [-0.05, 0) is 12.1 Å². The molecule has 1 aliphatic rings. The van der Waals surface area contributed by atoms with E-state index in [-0.39, 0.29) is 11.9 Å². The topological polar surface area (TPSA) is 92.4 Å². The second kappa shape index (κ2) is 6.93. The number of benzene rings is 1. The zero-order chi connectivity index (χ0) is 12.7. The minimum absolute atomic E-state index is 0.0833. The average molecular weight is 254 g/mol. The van der Waals surface area contributed by atoms with Gasteiger partial charge in [-0.2, -0.15) is 0 Å². The molecular formula is C11H14N2O3S. The van der Waals surface area contributed by atoms with Crippen LogP contribution in [0.3, 0.4) is 0 Å². The van der Waals surface area contributed by atoms with Crippen LogP contribution in [0.5, 0.6) is 0 Å². The Kier molecular flexibility index (Phi) is 5.51. The van der Waals surface area contributed by atoms with E-state index in [1.54, 1.807) is 42.1 Å². The second-order valence-corrected chi connectivity index (χ2v) is 4.38. The van der Waals surface area contributed by atoms with Gasteiger partial charge in [-0.15, -0.1) is 11.8 Å². The Balaban J connectivity index is 0.000000171. The van der Waals surface area contributed by atoms with E-state index < -0.39 is 5.97 Å². The maximum Gasteiger partial charge on any atom is 0.335 e. The van der Waals surface area contributed by atoms with Crippen molar-refractivity contribution in [3.05, 3.63) is 35.9 Å². The highest BCUT2D eigenvalue weighted by Gasteiger charge is 2.18. The molecule has 92 valence electrons. The summed E-state index contributed by atoms with van der Waals surface area (Å²) < 4.78 is 0. The molecule has 1 fully saturated rings. The van der Waals surface area contributed by atoms with Gasteiger partial charge in [0.15, 0.2) is 0 Å². The highest BCUT2D eigenvalue weighted by Crippen LogP contribution is 2.07. The third kappa shape index (κ3) is 4.88. The molecule has 6 heteroatoms. The van der Waals surface area contributed by atoms with Crippen LogP contribution < -0.4 is 11.1 Å². The van der Waals surface area contributed by atoms with Gasteiger partial charge in [0, 0.05) is 11.6 Å². The van der Waals surface area contributed by atoms with Crippen molar-refractivity contribution in [1.29, 1.82) is 0 Å². The molecule has 0 aliphatic carbocycles. The summed E-state index contributed by atoms with van der Waals surface area (Å²) in [7, 11) is 0. The van der Waals surface area contributed by atoms with Crippen LogP contribution in [0.4, 0.5) is 0 Å². The van der Waals surface area contributed by atoms with Crippen molar-refractivity contribution in [2.45, 2.75) is 6.04 Å². The van der Waals surface area contributed by atoms with E-state index >= 15 is 0 Å². The number of carboxylic acid groups (broad SMARTS) is 1. The number of nitrogens with two attached hydrogens (primary N) is 1. The Morgan fingerprint density at radius 3 is 2.29 bits per heavy atom. The van der Waals surface area contributed by atoms with Crippen molar-refractivity contribution in [3.8, 4) is 0 Å². The van der Waals surface area contributed by atoms with E-state index in [0.29, 0.717) is 5.56 Å². The van der Waals surface area contributed by atoms with Gasteiger partial charge >= 0.3 is 5.97 Å². The van der Waals surface area contributed by atoms with E-state index in [0.717, 1.165) is 11.6 Å². The van der Waals surface area contributed by atoms with Crippen LogP contribution >= 0.6 is 11.8 Å². The maximum absolute atomic E-state index is 10.3. The SMILES string of the molecule is NC(=O)C1CSCN1.O=C(O)c1ccccc1. The summed E-state index contributed by atoms with van der Waals surface area (Å²) in [4.78, 5) is 20.5. The number of aromatic carboxylic acids is 1. The van der Waals surface area contributed by atoms with Crippen molar-refractivity contribution in [2.24, 2.45) is 5.73 Å². The normalized spacial score (nSPS) is 18.0. The molecule has 0 bridgehead atoms. The lowest BCUT2D eigenvalue weighted by atomic mass is 10.2. The van der Waals surface area contributed by atoms with Crippen LogP contribution in [0.1, 0.15) is 10.4 Å². The number of rotatable bonds is 2. The first-order valence-electron chi connectivity index (χ1n) is 5.00. The molecule has 5 nitrogen and oxygen atoms in total. The van der Waals surface area contributed by atoms with Crippen LogP contribution in [-0.4, -0.2) is 34.7 Å². The van der Waals surface area contributed by atoms with Gasteiger partial charge in [-0.1, -0.05) is 18.2 Å². The molecule has 0 saturated carbocycles. The Hall–Kier alpha value is -1.53. The lowest BCUT2D eigenvalue weighted by Crippen LogP contribution is -2.38. The number of carboxylic acids is 1. The van der Waals surface area contributed by atoms with Crippen molar-refractivity contribution >= 4 is 23.6 Å². The minimum Gasteiger partial charge on any atom is -0.478 e. The molecule has 4 N–H and O–H groups in total. The summed E-state index contributed by atoms with van der Waals surface area (Å²) in [5.41, 5.74) is 5.31. The molecule has 0 spiro atoms. The molecule has 1 saturated heterocycles. The summed E-state index contributed by atoms with van der Waals surface area (Å²) in [6.45, 7) is 0. The molecule has 2 rings (SSSR count). The Bertz CT molecular complexity index is 378. The molecule has 1 atom stereocenters. The zero-order valence-electron chi connectivity index (χ0n) is 9.13. The Morgan fingerprint density at radius 2 is 2.00 bits per heavy atom. The summed E-state index contributed by atoms with van der Waals surface area (Å²) >= 11 is 1.70. The highest BCUT2D eigenvalue weighted by atomic mass is 32.2. The summed E-state index contributed by atoms with van der Waals surface area (Å²) in [6, 6.07) is 8.21. The first-order chi connectivity index (χ1) is 8.11. The van der Waals surface area contributed by atoms with Crippen LogP contribution in [0.15, 0.2) is 30.3 Å². The Labute approximate surface area is 103 Å². The van der Waals surface area contributed by atoms with Gasteiger partial charge in [-0.25, -0.2) is 4.79 Å². The van der Waals surface area contributed by atoms with E-state index in [1.165, 1.54) is 0 Å². The number of primary amides is 1. The highest BCUT2D eigenvalue weighted by molar-refractivity contribution is 7.99. The molecule has 1 aromatic rings. The second-order valence-electron chi connectivity index (χ2n) is 3.35. The smallest absolute Gasteiger partial charge is 0.335 e. The van der Waals surface area contributed by atoms with Crippen molar-refractivity contribution in [1.82, 2.24) is 5.32 Å². The molecule has 0 radical (unpaired) electrons. The molecule has 17 heavy (non-hydrogen) atoms. The molecule has 0 aromatic heterocycles. The van der Waals surface area contributed by atoms with E-state index in [9.17, 15) is 9.59 Å². The molecule has 1 aliphatic heterocycles. The van der Waals surface area contributed by atoms with Crippen LogP contribution in [0.25, 0.3) is 0 Å². The third-order valence-corrected chi connectivity index (χ3v) is 3.02. The number of carbonyl (C=O) groups excluding carboxylic acids is 1. The monoisotopic (exact) mass is 254 g/mol. The number of amides is 1. The first-order valence-corrected chi connectivity index (χ1v) is 6.15. The molecule has 1 aromatic carbocycles. The van der Waals surface area contributed by atoms with Gasteiger partial charge in [0.2, 0.25) is 5.91 Å². The number of hydrogen-bond donors (Lipinski definition) is 3. The zero-order valence-corrected chi connectivity index (χ0v) is 9.94. The van der Waals surface area contributed by atoms with Gasteiger partial charge in [0.25, 0.3) is 0 Å². The third-order valence-electron chi connectivity index (χ3n) is 2.08. The van der Waals surface area contributed by atoms with Gasteiger partial charge in [0.05, 0.1) is 11.6 Å². The maximum atomic E-state index is 10.3. The fourth-order valence-corrected chi connectivity index (χ4v) is 2.11. The molecule has 1 heterocycles. The summed E-state index contributed by atoms with van der Waals surface area (Å²) in [6.07, 6.45) is 0. The molecule has 1 unspecified atom stereocenters. The quantitative estimate of drug-likeness (QED) is 0.715.